The molecule has 0 aromatic heterocycles. The summed E-state index contributed by atoms with van der Waals surface area (Å²) in [6.45, 7) is 4.09. The number of hydrogen-bond acceptors (Lipinski definition) is 4. The number of rotatable bonds is 7. The predicted molar refractivity (Wildman–Crippen MR) is 116 cm³/mol. The third-order valence-corrected chi connectivity index (χ3v) is 4.73. The maximum absolute atomic E-state index is 11.9. The maximum atomic E-state index is 11.9. The lowest BCUT2D eigenvalue weighted by Crippen LogP contribution is -2.30. The summed E-state index contributed by atoms with van der Waals surface area (Å²) in [5.41, 5.74) is 2.88. The van der Waals surface area contributed by atoms with E-state index in [-0.39, 0.29) is 5.91 Å². The Morgan fingerprint density at radius 1 is 1.10 bits per heavy atom. The van der Waals surface area contributed by atoms with E-state index in [0.717, 1.165) is 36.4 Å². The lowest BCUT2D eigenvalue weighted by molar-refractivity contribution is -0.117. The van der Waals surface area contributed by atoms with Gasteiger partial charge < -0.3 is 25.0 Å². The predicted octanol–water partition coefficient (Wildman–Crippen LogP) is 3.41. The number of benzene rings is 2. The number of nitrogens with zero attached hydrogens (tertiary/aromatic N) is 2. The van der Waals surface area contributed by atoms with Crippen molar-refractivity contribution in [3.05, 3.63) is 48.0 Å². The number of hydrogen-bond donors (Lipinski definition) is 2. The first-order valence-electron chi connectivity index (χ1n) is 9.81. The zero-order valence-electron chi connectivity index (χ0n) is 17.2. The van der Waals surface area contributed by atoms with Crippen molar-refractivity contribution in [1.29, 1.82) is 0 Å². The minimum Gasteiger partial charge on any atom is -0.493 e. The van der Waals surface area contributed by atoms with Gasteiger partial charge in [0.2, 0.25) is 5.91 Å². The minimum atomic E-state index is 0.198. The molecule has 0 radical (unpaired) electrons. The van der Waals surface area contributed by atoms with Crippen LogP contribution in [0.4, 0.5) is 11.4 Å². The summed E-state index contributed by atoms with van der Waals surface area (Å²) in [4.78, 5) is 18.4. The number of guanidine groups is 1. The Morgan fingerprint density at radius 3 is 2.48 bits per heavy atom. The molecule has 2 aromatic rings. The Labute approximate surface area is 171 Å². The quantitative estimate of drug-likeness (QED) is 0.554. The van der Waals surface area contributed by atoms with Crippen LogP contribution in [0, 0.1) is 0 Å². The zero-order valence-corrected chi connectivity index (χ0v) is 17.2. The number of aliphatic imine (C=N–C) groups is 1. The number of amides is 1. The van der Waals surface area contributed by atoms with E-state index >= 15 is 0 Å². The Balaban J connectivity index is 1.68. The van der Waals surface area contributed by atoms with E-state index in [2.05, 4.69) is 15.6 Å². The first-order chi connectivity index (χ1) is 14.1. The number of carbonyl (C=O) groups excluding carboxylic acids is 1. The van der Waals surface area contributed by atoms with Crippen LogP contribution in [-0.4, -0.2) is 39.2 Å². The van der Waals surface area contributed by atoms with E-state index in [0.29, 0.717) is 30.4 Å². The second-order valence-electron chi connectivity index (χ2n) is 6.71. The van der Waals surface area contributed by atoms with Crippen LogP contribution in [0.2, 0.25) is 0 Å². The van der Waals surface area contributed by atoms with Gasteiger partial charge in [0.15, 0.2) is 17.5 Å². The van der Waals surface area contributed by atoms with Crippen LogP contribution in [0.15, 0.2) is 47.5 Å². The molecule has 154 valence electrons. The monoisotopic (exact) mass is 396 g/mol. The van der Waals surface area contributed by atoms with Gasteiger partial charge in [0.05, 0.1) is 20.8 Å². The number of ether oxygens (including phenoxy) is 2. The fourth-order valence-electron chi connectivity index (χ4n) is 3.23. The van der Waals surface area contributed by atoms with Crippen molar-refractivity contribution in [3.63, 3.8) is 0 Å². The van der Waals surface area contributed by atoms with Gasteiger partial charge in [-0.15, -0.1) is 0 Å². The van der Waals surface area contributed by atoms with E-state index < -0.39 is 0 Å². The standard InChI is InChI=1S/C22H28N4O3/c1-4-23-22(25-17-9-12-19(28-2)20(14-17)29-3)24-15-16-7-10-18(11-8-16)26-13-5-6-21(26)27/h7-12,14H,4-6,13,15H2,1-3H3,(H2,23,24,25). The molecule has 3 rings (SSSR count). The van der Waals surface area contributed by atoms with E-state index in [1.165, 1.54) is 0 Å². The van der Waals surface area contributed by atoms with Crippen LogP contribution >= 0.6 is 0 Å². The summed E-state index contributed by atoms with van der Waals surface area (Å²) in [5, 5.41) is 6.53. The molecule has 7 nitrogen and oxygen atoms in total. The van der Waals surface area contributed by atoms with Gasteiger partial charge in [-0.2, -0.15) is 0 Å². The second-order valence-corrected chi connectivity index (χ2v) is 6.71. The highest BCUT2D eigenvalue weighted by atomic mass is 16.5. The molecule has 0 spiro atoms. The number of nitrogens with one attached hydrogen (secondary N) is 2. The summed E-state index contributed by atoms with van der Waals surface area (Å²) in [6, 6.07) is 13.6. The topological polar surface area (TPSA) is 75.2 Å². The van der Waals surface area contributed by atoms with Gasteiger partial charge in [-0.05, 0) is 43.2 Å². The zero-order chi connectivity index (χ0) is 20.6. The number of carbonyl (C=O) groups is 1. The smallest absolute Gasteiger partial charge is 0.227 e. The van der Waals surface area contributed by atoms with Crippen LogP contribution in [0.3, 0.4) is 0 Å². The number of methoxy groups -OCH3 is 2. The van der Waals surface area contributed by atoms with Crippen LogP contribution in [-0.2, 0) is 11.3 Å². The second kappa shape index (κ2) is 9.82. The summed E-state index contributed by atoms with van der Waals surface area (Å²) in [5.74, 6) is 2.21. The van der Waals surface area contributed by atoms with Gasteiger partial charge in [-0.1, -0.05) is 12.1 Å². The van der Waals surface area contributed by atoms with Crippen LogP contribution < -0.4 is 25.0 Å². The highest BCUT2D eigenvalue weighted by Crippen LogP contribution is 2.29. The van der Waals surface area contributed by atoms with E-state index in [4.69, 9.17) is 9.47 Å². The van der Waals surface area contributed by atoms with Crippen molar-refractivity contribution >= 4 is 23.2 Å². The molecule has 1 fully saturated rings. The van der Waals surface area contributed by atoms with Crippen molar-refractivity contribution < 1.29 is 14.3 Å². The lowest BCUT2D eigenvalue weighted by atomic mass is 10.2. The Bertz CT molecular complexity index is 865. The van der Waals surface area contributed by atoms with Crippen molar-refractivity contribution in [3.8, 4) is 11.5 Å². The molecule has 0 atom stereocenters. The van der Waals surface area contributed by atoms with Gasteiger partial charge in [0.1, 0.15) is 0 Å². The van der Waals surface area contributed by atoms with Crippen LogP contribution in [0.25, 0.3) is 0 Å². The molecule has 1 saturated heterocycles. The highest BCUT2D eigenvalue weighted by Gasteiger charge is 2.21. The molecule has 0 bridgehead atoms. The Hall–Kier alpha value is -3.22. The lowest BCUT2D eigenvalue weighted by Gasteiger charge is -2.16. The molecule has 1 aliphatic heterocycles. The molecule has 1 aliphatic rings. The third kappa shape index (κ3) is 5.19. The van der Waals surface area contributed by atoms with Crippen molar-refractivity contribution in [2.24, 2.45) is 4.99 Å². The normalized spacial score (nSPS) is 14.1. The van der Waals surface area contributed by atoms with Gasteiger partial charge in [-0.25, -0.2) is 4.99 Å². The van der Waals surface area contributed by atoms with Gasteiger partial charge >= 0.3 is 0 Å². The van der Waals surface area contributed by atoms with Crippen molar-refractivity contribution in [2.75, 3.05) is 37.5 Å². The molecule has 2 aromatic carbocycles. The van der Waals surface area contributed by atoms with Crippen LogP contribution in [0.5, 0.6) is 11.5 Å². The minimum absolute atomic E-state index is 0.198. The van der Waals surface area contributed by atoms with Gasteiger partial charge in [0.25, 0.3) is 0 Å². The highest BCUT2D eigenvalue weighted by molar-refractivity contribution is 5.95. The van der Waals surface area contributed by atoms with Crippen molar-refractivity contribution in [2.45, 2.75) is 26.3 Å². The average Bonchev–Trinajstić information content (AvgIpc) is 3.18. The first kappa shape index (κ1) is 20.5. The molecule has 0 aliphatic carbocycles. The molecule has 0 saturated carbocycles. The van der Waals surface area contributed by atoms with E-state index in [9.17, 15) is 4.79 Å². The van der Waals surface area contributed by atoms with E-state index in [1.54, 1.807) is 14.2 Å². The molecular weight excluding hydrogens is 368 g/mol. The van der Waals surface area contributed by atoms with Gasteiger partial charge in [-0.3, -0.25) is 4.79 Å². The molecule has 1 heterocycles. The van der Waals surface area contributed by atoms with Crippen molar-refractivity contribution in [1.82, 2.24) is 5.32 Å². The molecule has 2 N–H and O–H groups in total. The average molecular weight is 396 g/mol. The van der Waals surface area contributed by atoms with E-state index in [1.807, 2.05) is 54.3 Å². The van der Waals surface area contributed by atoms with Gasteiger partial charge in [0, 0.05) is 37.0 Å². The number of anilines is 2. The summed E-state index contributed by atoms with van der Waals surface area (Å²) in [7, 11) is 3.22. The maximum Gasteiger partial charge on any atom is 0.227 e. The molecule has 7 heteroatoms. The first-order valence-corrected chi connectivity index (χ1v) is 9.81. The molecule has 0 unspecified atom stereocenters. The summed E-state index contributed by atoms with van der Waals surface area (Å²) in [6.07, 6.45) is 1.57. The summed E-state index contributed by atoms with van der Waals surface area (Å²) < 4.78 is 10.6. The molecular formula is C22H28N4O3. The SMILES string of the molecule is CCNC(=NCc1ccc(N2CCCC2=O)cc1)Nc1ccc(OC)c(OC)c1. The molecule has 29 heavy (non-hydrogen) atoms. The Kier molecular flexibility index (Phi) is 6.94. The fourth-order valence-corrected chi connectivity index (χ4v) is 3.23. The molecule has 1 amide bonds. The largest absolute Gasteiger partial charge is 0.493 e. The third-order valence-electron chi connectivity index (χ3n) is 4.73. The Morgan fingerprint density at radius 2 is 1.86 bits per heavy atom. The fraction of sp³-hybridized carbons (Fsp3) is 0.364. The summed E-state index contributed by atoms with van der Waals surface area (Å²) >= 11 is 0. The van der Waals surface area contributed by atoms with Crippen LogP contribution in [0.1, 0.15) is 25.3 Å².